The van der Waals surface area contributed by atoms with Gasteiger partial charge < -0.3 is 14.6 Å². The average molecular weight is 177 g/mol. The van der Waals surface area contributed by atoms with Crippen LogP contribution in [0.25, 0.3) is 0 Å². The van der Waals surface area contributed by atoms with Crippen molar-refractivity contribution in [2.45, 2.75) is 26.3 Å². The van der Waals surface area contributed by atoms with E-state index in [4.69, 9.17) is 14.6 Å². The molecule has 0 aliphatic rings. The predicted octanol–water partition coefficient (Wildman–Crippen LogP) is 0.265. The van der Waals surface area contributed by atoms with Crippen LogP contribution >= 0.6 is 0 Å². The first kappa shape index (κ1) is 11.8. The van der Waals surface area contributed by atoms with Crippen LogP contribution in [0, 0.1) is 0 Å². The van der Waals surface area contributed by atoms with Gasteiger partial charge in [-0.3, -0.25) is 4.90 Å². The molecule has 4 heteroatoms. The fraction of sp³-hybridized carbons (Fsp3) is 1.00. The second-order valence-corrected chi connectivity index (χ2v) is 2.63. The van der Waals surface area contributed by atoms with Crippen LogP contribution in [0.2, 0.25) is 0 Å². The quantitative estimate of drug-likeness (QED) is 0.591. The highest BCUT2D eigenvalue weighted by atomic mass is 16.5. The van der Waals surface area contributed by atoms with E-state index in [-0.39, 0.29) is 19.1 Å². The highest BCUT2D eigenvalue weighted by Crippen LogP contribution is 2.05. The van der Waals surface area contributed by atoms with Gasteiger partial charge in [0.1, 0.15) is 12.5 Å². The zero-order valence-electron chi connectivity index (χ0n) is 8.28. The number of aliphatic hydroxyl groups is 1. The van der Waals surface area contributed by atoms with E-state index in [9.17, 15) is 0 Å². The van der Waals surface area contributed by atoms with Gasteiger partial charge in [0, 0.05) is 20.8 Å². The first-order valence-corrected chi connectivity index (χ1v) is 4.09. The molecular formula is C8H19NO3. The molecule has 0 rings (SSSR count). The monoisotopic (exact) mass is 177 g/mol. The van der Waals surface area contributed by atoms with Crippen LogP contribution in [0.4, 0.5) is 0 Å². The Bertz CT molecular complexity index is 100. The molecule has 0 fully saturated rings. The number of aliphatic hydroxyl groups excluding tert-OH is 1. The Kier molecular flexibility index (Phi) is 6.28. The second kappa shape index (κ2) is 6.37. The number of rotatable bonds is 6. The summed E-state index contributed by atoms with van der Waals surface area (Å²) in [7, 11) is 3.27. The lowest BCUT2D eigenvalue weighted by atomic mass is 10.4. The van der Waals surface area contributed by atoms with Gasteiger partial charge in [0.25, 0.3) is 0 Å². The van der Waals surface area contributed by atoms with E-state index in [2.05, 4.69) is 0 Å². The molecule has 2 unspecified atom stereocenters. The number of hydrogen-bond donors (Lipinski definition) is 1. The topological polar surface area (TPSA) is 41.9 Å². The first-order valence-electron chi connectivity index (χ1n) is 4.09. The maximum atomic E-state index is 8.77. The molecular weight excluding hydrogens is 158 g/mol. The molecule has 0 aromatic heterocycles. The molecule has 0 radical (unpaired) electrons. The van der Waals surface area contributed by atoms with E-state index in [0.717, 1.165) is 0 Å². The molecule has 0 amide bonds. The number of hydrogen-bond acceptors (Lipinski definition) is 4. The largest absolute Gasteiger partial charge is 0.395 e. The summed E-state index contributed by atoms with van der Waals surface area (Å²) in [4.78, 5) is 1.93. The summed E-state index contributed by atoms with van der Waals surface area (Å²) in [6.07, 6.45) is -0.0702. The van der Waals surface area contributed by atoms with Crippen molar-refractivity contribution in [2.75, 3.05) is 27.4 Å². The maximum Gasteiger partial charge on any atom is 0.109 e. The fourth-order valence-electron chi connectivity index (χ4n) is 1.05. The summed E-state index contributed by atoms with van der Waals surface area (Å²) in [5.74, 6) is 0. The SMILES string of the molecule is COC(C)N(CCO)C(C)OC. The van der Waals surface area contributed by atoms with Gasteiger partial charge in [0.2, 0.25) is 0 Å². The normalized spacial score (nSPS) is 16.5. The van der Waals surface area contributed by atoms with Gasteiger partial charge in [-0.15, -0.1) is 0 Å². The van der Waals surface area contributed by atoms with Crippen molar-refractivity contribution in [3.8, 4) is 0 Å². The van der Waals surface area contributed by atoms with Crippen LogP contribution < -0.4 is 0 Å². The minimum absolute atomic E-state index is 0.0351. The molecule has 0 bridgehead atoms. The molecule has 0 saturated heterocycles. The third-order valence-corrected chi connectivity index (χ3v) is 1.97. The van der Waals surface area contributed by atoms with Gasteiger partial charge in [0.15, 0.2) is 0 Å². The number of nitrogens with zero attached hydrogens (tertiary/aromatic N) is 1. The van der Waals surface area contributed by atoms with E-state index in [0.29, 0.717) is 6.54 Å². The molecule has 1 N–H and O–H groups in total. The molecule has 74 valence electrons. The lowest BCUT2D eigenvalue weighted by molar-refractivity contribution is -0.120. The van der Waals surface area contributed by atoms with Gasteiger partial charge in [-0.1, -0.05) is 0 Å². The standard InChI is InChI=1S/C8H19NO3/c1-7(11-3)9(5-6-10)8(2)12-4/h7-8,10H,5-6H2,1-4H3. The smallest absolute Gasteiger partial charge is 0.109 e. The minimum atomic E-state index is -0.0351. The Hall–Kier alpha value is -0.160. The highest BCUT2D eigenvalue weighted by molar-refractivity contribution is 4.60. The van der Waals surface area contributed by atoms with E-state index in [1.165, 1.54) is 0 Å². The lowest BCUT2D eigenvalue weighted by Gasteiger charge is -2.31. The van der Waals surface area contributed by atoms with Crippen LogP contribution in [-0.4, -0.2) is 49.8 Å². The molecule has 0 aromatic carbocycles. The van der Waals surface area contributed by atoms with E-state index in [1.807, 2.05) is 18.7 Å². The van der Waals surface area contributed by atoms with Crippen LogP contribution in [0.3, 0.4) is 0 Å². The highest BCUT2D eigenvalue weighted by Gasteiger charge is 2.18. The van der Waals surface area contributed by atoms with Crippen molar-refractivity contribution in [3.63, 3.8) is 0 Å². The Morgan fingerprint density at radius 2 is 1.58 bits per heavy atom. The zero-order valence-corrected chi connectivity index (χ0v) is 8.28. The average Bonchev–Trinajstić information content (AvgIpc) is 2.11. The van der Waals surface area contributed by atoms with Crippen molar-refractivity contribution in [1.29, 1.82) is 0 Å². The molecule has 0 aliphatic carbocycles. The van der Waals surface area contributed by atoms with Crippen molar-refractivity contribution in [1.82, 2.24) is 4.90 Å². The van der Waals surface area contributed by atoms with Gasteiger partial charge in [0.05, 0.1) is 6.61 Å². The van der Waals surface area contributed by atoms with E-state index < -0.39 is 0 Å². The predicted molar refractivity (Wildman–Crippen MR) is 46.7 cm³/mol. The van der Waals surface area contributed by atoms with E-state index >= 15 is 0 Å². The Morgan fingerprint density at radius 1 is 1.17 bits per heavy atom. The summed E-state index contributed by atoms with van der Waals surface area (Å²) in [5, 5.41) is 8.77. The van der Waals surface area contributed by atoms with Crippen molar-refractivity contribution < 1.29 is 14.6 Å². The molecule has 12 heavy (non-hydrogen) atoms. The summed E-state index contributed by atoms with van der Waals surface area (Å²) in [6, 6.07) is 0. The van der Waals surface area contributed by atoms with Crippen molar-refractivity contribution in [3.05, 3.63) is 0 Å². The van der Waals surface area contributed by atoms with Crippen molar-refractivity contribution >= 4 is 0 Å². The molecule has 2 atom stereocenters. The Labute approximate surface area is 74.1 Å². The number of ether oxygens (including phenoxy) is 2. The third kappa shape index (κ3) is 3.49. The molecule has 0 saturated carbocycles. The first-order chi connectivity index (χ1) is 5.67. The summed E-state index contributed by atoms with van der Waals surface area (Å²) in [6.45, 7) is 4.52. The minimum Gasteiger partial charge on any atom is -0.395 e. The van der Waals surface area contributed by atoms with Gasteiger partial charge in [-0.05, 0) is 13.8 Å². The zero-order chi connectivity index (χ0) is 9.56. The van der Waals surface area contributed by atoms with Crippen molar-refractivity contribution in [2.24, 2.45) is 0 Å². The van der Waals surface area contributed by atoms with Gasteiger partial charge in [-0.25, -0.2) is 0 Å². The molecule has 0 aromatic rings. The second-order valence-electron chi connectivity index (χ2n) is 2.63. The van der Waals surface area contributed by atoms with Gasteiger partial charge >= 0.3 is 0 Å². The van der Waals surface area contributed by atoms with E-state index in [1.54, 1.807) is 14.2 Å². The van der Waals surface area contributed by atoms with Gasteiger partial charge in [-0.2, -0.15) is 0 Å². The Morgan fingerprint density at radius 3 is 1.83 bits per heavy atom. The fourth-order valence-corrected chi connectivity index (χ4v) is 1.05. The molecule has 4 nitrogen and oxygen atoms in total. The van der Waals surface area contributed by atoms with Crippen LogP contribution in [0.15, 0.2) is 0 Å². The van der Waals surface area contributed by atoms with Crippen LogP contribution in [-0.2, 0) is 9.47 Å². The van der Waals surface area contributed by atoms with Crippen LogP contribution in [0.1, 0.15) is 13.8 Å². The maximum absolute atomic E-state index is 8.77. The summed E-state index contributed by atoms with van der Waals surface area (Å²) in [5.41, 5.74) is 0. The summed E-state index contributed by atoms with van der Waals surface area (Å²) < 4.78 is 10.2. The third-order valence-electron chi connectivity index (χ3n) is 1.97. The summed E-state index contributed by atoms with van der Waals surface area (Å²) >= 11 is 0. The number of methoxy groups -OCH3 is 2. The molecule has 0 aliphatic heterocycles. The molecule has 0 spiro atoms. The Balaban J connectivity index is 4.01. The molecule has 0 heterocycles. The van der Waals surface area contributed by atoms with Crippen LogP contribution in [0.5, 0.6) is 0 Å². The lowest BCUT2D eigenvalue weighted by Crippen LogP contribution is -2.43.